The van der Waals surface area contributed by atoms with Gasteiger partial charge >= 0.3 is 0 Å². The molecule has 1 aromatic carbocycles. The van der Waals surface area contributed by atoms with Crippen molar-refractivity contribution in [2.24, 2.45) is 0 Å². The van der Waals surface area contributed by atoms with Crippen LogP contribution in [0.2, 0.25) is 0 Å². The van der Waals surface area contributed by atoms with Crippen molar-refractivity contribution in [3.8, 4) is 0 Å². The molecule has 1 aromatic heterocycles. The number of hydrogen-bond acceptors (Lipinski definition) is 5. The third-order valence-electron chi connectivity index (χ3n) is 4.18. The average molecular weight is 492 g/mol. The van der Waals surface area contributed by atoms with E-state index in [9.17, 15) is 22.0 Å². The molecule has 1 saturated heterocycles. The lowest BCUT2D eigenvalue weighted by atomic mass is 10.2. The van der Waals surface area contributed by atoms with E-state index >= 15 is 0 Å². The molecule has 0 spiro atoms. The molecule has 0 bridgehead atoms. The molecule has 28 heavy (non-hydrogen) atoms. The summed E-state index contributed by atoms with van der Waals surface area (Å²) in [5.41, 5.74) is 0.0945. The molecule has 2 heterocycles. The molecule has 1 amide bonds. The first-order valence-electron chi connectivity index (χ1n) is 8.24. The number of halogens is 3. The third kappa shape index (κ3) is 4.70. The largest absolute Gasteiger partial charge is 0.336 e. The van der Waals surface area contributed by atoms with Gasteiger partial charge in [0.1, 0.15) is 5.03 Å². The summed E-state index contributed by atoms with van der Waals surface area (Å²) < 4.78 is 52.9. The molecule has 1 aliphatic heterocycles. The highest BCUT2D eigenvalue weighted by Crippen LogP contribution is 2.27. The van der Waals surface area contributed by atoms with Gasteiger partial charge in [-0.05, 0) is 48.2 Å². The smallest absolute Gasteiger partial charge is 0.290 e. The second-order valence-electron chi connectivity index (χ2n) is 5.88. The van der Waals surface area contributed by atoms with Gasteiger partial charge in [-0.2, -0.15) is 13.1 Å². The molecule has 150 valence electrons. The molecule has 11 heteroatoms. The fourth-order valence-electron chi connectivity index (χ4n) is 2.79. The Morgan fingerprint density at radius 1 is 1.11 bits per heavy atom. The Bertz CT molecular complexity index is 950. The summed E-state index contributed by atoms with van der Waals surface area (Å²) in [6, 6.07) is 9.29. The normalized spacial score (nSPS) is 15.8. The van der Waals surface area contributed by atoms with Crippen LogP contribution in [0.15, 0.2) is 57.0 Å². The minimum atomic E-state index is -3.66. The van der Waals surface area contributed by atoms with Crippen molar-refractivity contribution in [1.29, 1.82) is 0 Å². The van der Waals surface area contributed by atoms with Gasteiger partial charge < -0.3 is 4.90 Å². The lowest BCUT2D eigenvalue weighted by Gasteiger charge is -2.34. The standard InChI is InChI=1S/C17H16BrF2N3O3S2/c18-12-3-5-13(6-4-12)28(25,26)23-10-8-22(9-11-23)16(24)14-2-1-7-21-15(14)27-17(19)20/h1-7,17H,8-11H2. The first-order chi connectivity index (χ1) is 13.3. The van der Waals surface area contributed by atoms with Crippen LogP contribution in [-0.4, -0.2) is 60.5 Å². The number of thioether (sulfide) groups is 1. The number of carbonyl (C=O) groups excluding carboxylic acids is 1. The summed E-state index contributed by atoms with van der Waals surface area (Å²) >= 11 is 3.49. The van der Waals surface area contributed by atoms with E-state index in [2.05, 4.69) is 20.9 Å². The second kappa shape index (κ2) is 8.85. The van der Waals surface area contributed by atoms with Gasteiger partial charge in [0.05, 0.1) is 10.5 Å². The molecule has 1 fully saturated rings. The van der Waals surface area contributed by atoms with Gasteiger partial charge in [0.15, 0.2) is 0 Å². The molecule has 3 rings (SSSR count). The van der Waals surface area contributed by atoms with Crippen LogP contribution in [0, 0.1) is 0 Å². The number of amides is 1. The van der Waals surface area contributed by atoms with Crippen LogP contribution < -0.4 is 0 Å². The van der Waals surface area contributed by atoms with Gasteiger partial charge in [-0.3, -0.25) is 4.79 Å². The molecule has 6 nitrogen and oxygen atoms in total. The Kier molecular flexibility index (Phi) is 6.69. The zero-order valence-electron chi connectivity index (χ0n) is 14.5. The van der Waals surface area contributed by atoms with Gasteiger partial charge in [-0.15, -0.1) is 0 Å². The van der Waals surface area contributed by atoms with E-state index in [1.54, 1.807) is 12.1 Å². The lowest BCUT2D eigenvalue weighted by molar-refractivity contribution is 0.0693. The van der Waals surface area contributed by atoms with E-state index in [-0.39, 0.29) is 53.4 Å². The number of hydrogen-bond donors (Lipinski definition) is 0. The van der Waals surface area contributed by atoms with Crippen LogP contribution >= 0.6 is 27.7 Å². The summed E-state index contributed by atoms with van der Waals surface area (Å²) in [6.45, 7) is 0.591. The molecular formula is C17H16BrF2N3O3S2. The van der Waals surface area contributed by atoms with Gasteiger partial charge in [-0.1, -0.05) is 15.9 Å². The molecule has 0 N–H and O–H groups in total. The number of pyridine rings is 1. The molecule has 0 radical (unpaired) electrons. The topological polar surface area (TPSA) is 70.6 Å². The predicted molar refractivity (Wildman–Crippen MR) is 105 cm³/mol. The summed E-state index contributed by atoms with van der Waals surface area (Å²) in [4.78, 5) is 18.2. The van der Waals surface area contributed by atoms with Gasteiger partial charge in [-0.25, -0.2) is 13.4 Å². The molecule has 0 unspecified atom stereocenters. The van der Waals surface area contributed by atoms with E-state index in [0.29, 0.717) is 0 Å². The van der Waals surface area contributed by atoms with Crippen molar-refractivity contribution in [3.05, 3.63) is 52.6 Å². The Morgan fingerprint density at radius 3 is 2.36 bits per heavy atom. The Hall–Kier alpha value is -1.56. The van der Waals surface area contributed by atoms with Gasteiger partial charge in [0.25, 0.3) is 11.7 Å². The van der Waals surface area contributed by atoms with Crippen molar-refractivity contribution in [2.45, 2.75) is 15.7 Å². The van der Waals surface area contributed by atoms with Crippen LogP contribution in [0.25, 0.3) is 0 Å². The number of aromatic nitrogens is 1. The highest BCUT2D eigenvalue weighted by atomic mass is 79.9. The highest BCUT2D eigenvalue weighted by molar-refractivity contribution is 9.10. The number of alkyl halides is 2. The van der Waals surface area contributed by atoms with Crippen LogP contribution in [0.4, 0.5) is 8.78 Å². The summed E-state index contributed by atoms with van der Waals surface area (Å²) in [7, 11) is -3.66. The van der Waals surface area contributed by atoms with Gasteiger partial charge in [0.2, 0.25) is 10.0 Å². The SMILES string of the molecule is O=C(c1cccnc1SC(F)F)N1CCN(S(=O)(=O)c2ccc(Br)cc2)CC1. The van der Waals surface area contributed by atoms with Crippen LogP contribution in [0.3, 0.4) is 0 Å². The third-order valence-corrected chi connectivity index (χ3v) is 7.35. The first-order valence-corrected chi connectivity index (χ1v) is 11.3. The van der Waals surface area contributed by atoms with Crippen molar-refractivity contribution < 1.29 is 22.0 Å². The Labute approximate surface area is 174 Å². The summed E-state index contributed by atoms with van der Waals surface area (Å²) in [5, 5.41) is -0.0348. The van der Waals surface area contributed by atoms with E-state index in [1.165, 1.54) is 39.7 Å². The molecule has 0 saturated carbocycles. The second-order valence-corrected chi connectivity index (χ2v) is 9.72. The zero-order valence-corrected chi connectivity index (χ0v) is 17.7. The van der Waals surface area contributed by atoms with Crippen LogP contribution in [0.5, 0.6) is 0 Å². The number of benzene rings is 1. The summed E-state index contributed by atoms with van der Waals surface area (Å²) in [5.74, 6) is -3.12. The molecule has 2 aromatic rings. The fraction of sp³-hybridized carbons (Fsp3) is 0.294. The van der Waals surface area contributed by atoms with Crippen LogP contribution in [-0.2, 0) is 10.0 Å². The quantitative estimate of drug-likeness (QED) is 0.600. The van der Waals surface area contributed by atoms with Crippen molar-refractivity contribution >= 4 is 43.6 Å². The minimum absolute atomic E-state index is 0.0348. The molecule has 1 aliphatic rings. The average Bonchev–Trinajstić information content (AvgIpc) is 2.68. The van der Waals surface area contributed by atoms with Crippen LogP contribution in [0.1, 0.15) is 10.4 Å². The molecular weight excluding hydrogens is 476 g/mol. The summed E-state index contributed by atoms with van der Waals surface area (Å²) in [6.07, 6.45) is 1.35. The maximum absolute atomic E-state index is 12.7. The Morgan fingerprint density at radius 2 is 1.75 bits per heavy atom. The number of nitrogens with zero attached hydrogens (tertiary/aromatic N) is 3. The number of sulfonamides is 1. The molecule has 0 aliphatic carbocycles. The first kappa shape index (κ1) is 21.2. The van der Waals surface area contributed by atoms with E-state index < -0.39 is 21.7 Å². The maximum atomic E-state index is 12.7. The van der Waals surface area contributed by atoms with Crippen molar-refractivity contribution in [3.63, 3.8) is 0 Å². The van der Waals surface area contributed by atoms with E-state index in [4.69, 9.17) is 0 Å². The number of piperazine rings is 1. The monoisotopic (exact) mass is 491 g/mol. The van der Waals surface area contributed by atoms with E-state index in [1.807, 2.05) is 0 Å². The minimum Gasteiger partial charge on any atom is -0.336 e. The number of rotatable bonds is 5. The lowest BCUT2D eigenvalue weighted by Crippen LogP contribution is -2.50. The maximum Gasteiger partial charge on any atom is 0.290 e. The zero-order chi connectivity index (χ0) is 20.3. The Balaban J connectivity index is 1.70. The van der Waals surface area contributed by atoms with Crippen molar-refractivity contribution in [1.82, 2.24) is 14.2 Å². The van der Waals surface area contributed by atoms with Gasteiger partial charge in [0, 0.05) is 36.8 Å². The van der Waals surface area contributed by atoms with E-state index in [0.717, 1.165) is 4.47 Å². The molecule has 0 atom stereocenters. The van der Waals surface area contributed by atoms with Crippen molar-refractivity contribution in [2.75, 3.05) is 26.2 Å². The fourth-order valence-corrected chi connectivity index (χ4v) is 5.05. The highest BCUT2D eigenvalue weighted by Gasteiger charge is 2.31. The predicted octanol–water partition coefficient (Wildman–Crippen LogP) is 3.31. The number of carbonyl (C=O) groups is 1.